The molecule has 0 unspecified atom stereocenters. The Morgan fingerprint density at radius 1 is 0.857 bits per heavy atom. The van der Waals surface area contributed by atoms with E-state index in [0.29, 0.717) is 11.3 Å². The molecule has 0 bridgehead atoms. The van der Waals surface area contributed by atoms with Gasteiger partial charge >= 0.3 is 0 Å². The molecule has 4 rings (SSSR count). The van der Waals surface area contributed by atoms with E-state index in [9.17, 15) is 25.2 Å². The lowest BCUT2D eigenvalue weighted by atomic mass is 10.1. The van der Waals surface area contributed by atoms with Crippen LogP contribution in [-0.4, -0.2) is 26.2 Å². The number of allylic oxidation sites excluding steroid dienone is 1. The number of para-hydroxylation sites is 1. The number of rotatable bonds is 3. The lowest BCUT2D eigenvalue weighted by Crippen LogP contribution is -1.99. The summed E-state index contributed by atoms with van der Waals surface area (Å²) in [4.78, 5) is 12.6. The highest BCUT2D eigenvalue weighted by atomic mass is 16.5. The molecule has 3 aromatic rings. The maximum absolute atomic E-state index is 12.6. The minimum atomic E-state index is -0.585. The van der Waals surface area contributed by atoms with Crippen molar-refractivity contribution in [1.29, 1.82) is 0 Å². The van der Waals surface area contributed by atoms with E-state index in [1.165, 1.54) is 30.3 Å². The lowest BCUT2D eigenvalue weighted by molar-refractivity contribution is 0.103. The van der Waals surface area contributed by atoms with Gasteiger partial charge in [-0.05, 0) is 35.9 Å². The Bertz CT molecular complexity index is 1120. The minimum Gasteiger partial charge on any atom is -0.504 e. The Kier molecular flexibility index (Phi) is 4.04. The normalized spacial score (nSPS) is 14.0. The smallest absolute Gasteiger partial charge is 0.215 e. The standard InChI is InChI=1S/C21H15NO6/c23-15-7-6-11(9-16(15)24)8-14-19(25)18-13(22-14)10-17(20(26)21(18)27)28-12-4-2-1-3-5-12/h1-10,22-24,26-27H/b14-8-. The molecular formula is C21H15NO6. The number of anilines is 1. The highest BCUT2D eigenvalue weighted by Gasteiger charge is 2.32. The van der Waals surface area contributed by atoms with Crippen LogP contribution in [0.2, 0.25) is 0 Å². The highest BCUT2D eigenvalue weighted by molar-refractivity contribution is 6.22. The fourth-order valence-corrected chi connectivity index (χ4v) is 2.89. The fourth-order valence-electron chi connectivity index (χ4n) is 2.89. The first-order valence-electron chi connectivity index (χ1n) is 8.31. The van der Waals surface area contributed by atoms with Gasteiger partial charge in [0.15, 0.2) is 23.0 Å². The van der Waals surface area contributed by atoms with E-state index in [0.717, 1.165) is 0 Å². The first-order chi connectivity index (χ1) is 13.4. The summed E-state index contributed by atoms with van der Waals surface area (Å²) >= 11 is 0. The molecule has 0 spiro atoms. The molecule has 28 heavy (non-hydrogen) atoms. The monoisotopic (exact) mass is 377 g/mol. The molecule has 0 amide bonds. The second kappa shape index (κ2) is 6.55. The molecule has 0 atom stereocenters. The van der Waals surface area contributed by atoms with Gasteiger partial charge in [-0.1, -0.05) is 24.3 Å². The van der Waals surface area contributed by atoms with Gasteiger partial charge in [-0.3, -0.25) is 4.79 Å². The minimum absolute atomic E-state index is 0.00808. The van der Waals surface area contributed by atoms with Crippen molar-refractivity contribution in [2.24, 2.45) is 0 Å². The van der Waals surface area contributed by atoms with Crippen LogP contribution in [0, 0.1) is 0 Å². The zero-order valence-electron chi connectivity index (χ0n) is 14.4. The number of carbonyl (C=O) groups excluding carboxylic acids is 1. The molecule has 5 N–H and O–H groups in total. The summed E-state index contributed by atoms with van der Waals surface area (Å²) in [6, 6.07) is 14.2. The summed E-state index contributed by atoms with van der Waals surface area (Å²) in [5.74, 6) is -1.80. The number of hydrogen-bond acceptors (Lipinski definition) is 7. The van der Waals surface area contributed by atoms with Crippen LogP contribution in [0.15, 0.2) is 60.3 Å². The molecule has 0 saturated heterocycles. The van der Waals surface area contributed by atoms with Crippen LogP contribution in [0.5, 0.6) is 34.5 Å². The topological polar surface area (TPSA) is 119 Å². The van der Waals surface area contributed by atoms with Crippen LogP contribution in [0.1, 0.15) is 15.9 Å². The molecule has 0 aromatic heterocycles. The summed E-state index contributed by atoms with van der Waals surface area (Å²) in [6.07, 6.45) is 1.45. The molecule has 0 radical (unpaired) electrons. The maximum Gasteiger partial charge on any atom is 0.215 e. The van der Waals surface area contributed by atoms with Gasteiger partial charge in [-0.2, -0.15) is 0 Å². The van der Waals surface area contributed by atoms with Crippen molar-refractivity contribution in [2.75, 3.05) is 5.32 Å². The largest absolute Gasteiger partial charge is 0.504 e. The molecule has 7 nitrogen and oxygen atoms in total. The number of Topliss-reactive ketones (excluding diaryl/α,β-unsaturated/α-hetero) is 1. The molecule has 1 aliphatic rings. The summed E-state index contributed by atoms with van der Waals surface area (Å²) in [5.41, 5.74) is 0.794. The van der Waals surface area contributed by atoms with E-state index in [2.05, 4.69) is 5.32 Å². The molecule has 3 aromatic carbocycles. The summed E-state index contributed by atoms with van der Waals surface area (Å²) in [6.45, 7) is 0. The Hall–Kier alpha value is -4.13. The fraction of sp³-hybridized carbons (Fsp3) is 0. The zero-order chi connectivity index (χ0) is 19.8. The number of benzene rings is 3. The summed E-state index contributed by atoms with van der Waals surface area (Å²) in [7, 11) is 0. The molecule has 7 heteroatoms. The van der Waals surface area contributed by atoms with Crippen LogP contribution >= 0.6 is 0 Å². The molecule has 140 valence electrons. The number of fused-ring (bicyclic) bond motifs is 1. The number of carbonyl (C=O) groups is 1. The van der Waals surface area contributed by atoms with Crippen molar-refractivity contribution in [3.63, 3.8) is 0 Å². The molecular weight excluding hydrogens is 362 g/mol. The zero-order valence-corrected chi connectivity index (χ0v) is 14.4. The number of ether oxygens (including phenoxy) is 1. The van der Waals surface area contributed by atoms with Gasteiger partial charge < -0.3 is 30.5 Å². The molecule has 1 heterocycles. The Morgan fingerprint density at radius 3 is 2.32 bits per heavy atom. The second-order valence-corrected chi connectivity index (χ2v) is 6.17. The van der Waals surface area contributed by atoms with Gasteiger partial charge in [0.25, 0.3) is 0 Å². The lowest BCUT2D eigenvalue weighted by Gasteiger charge is -2.11. The highest BCUT2D eigenvalue weighted by Crippen LogP contribution is 2.47. The van der Waals surface area contributed by atoms with Crippen molar-refractivity contribution in [2.45, 2.75) is 0 Å². The predicted octanol–water partition coefficient (Wildman–Crippen LogP) is 3.95. The van der Waals surface area contributed by atoms with Crippen LogP contribution in [0.25, 0.3) is 6.08 Å². The average Bonchev–Trinajstić information content (AvgIpc) is 2.99. The van der Waals surface area contributed by atoms with Gasteiger partial charge in [0, 0.05) is 6.07 Å². The molecule has 0 saturated carbocycles. The van der Waals surface area contributed by atoms with Crippen molar-refractivity contribution in [3.05, 3.63) is 71.4 Å². The van der Waals surface area contributed by atoms with Crippen molar-refractivity contribution < 1.29 is 30.0 Å². The molecule has 0 aliphatic carbocycles. The number of hydrogen-bond donors (Lipinski definition) is 5. The SMILES string of the molecule is O=C1/C(=C/c2ccc(O)c(O)c2)Nc2cc(Oc3ccccc3)c(O)c(O)c21. The number of phenolic OH excluding ortho intramolecular Hbond substituents is 4. The van der Waals surface area contributed by atoms with Gasteiger partial charge in [0.2, 0.25) is 11.5 Å². The van der Waals surface area contributed by atoms with Crippen molar-refractivity contribution >= 4 is 17.5 Å². The average molecular weight is 377 g/mol. The number of aromatic hydroxyl groups is 4. The quantitative estimate of drug-likeness (QED) is 0.266. The van der Waals surface area contributed by atoms with E-state index < -0.39 is 17.3 Å². The van der Waals surface area contributed by atoms with Gasteiger partial charge in [0.1, 0.15) is 5.75 Å². The van der Waals surface area contributed by atoms with Crippen molar-refractivity contribution in [1.82, 2.24) is 0 Å². The molecule has 1 aliphatic heterocycles. The van der Waals surface area contributed by atoms with Gasteiger partial charge in [0.05, 0.1) is 16.9 Å². The second-order valence-electron chi connectivity index (χ2n) is 6.17. The summed E-state index contributed by atoms with van der Waals surface area (Å²) in [5, 5.41) is 42.4. The van der Waals surface area contributed by atoms with Crippen molar-refractivity contribution in [3.8, 4) is 34.5 Å². The van der Waals surface area contributed by atoms with E-state index in [1.54, 1.807) is 24.3 Å². The maximum atomic E-state index is 12.6. The Balaban J connectivity index is 1.71. The Morgan fingerprint density at radius 2 is 1.61 bits per heavy atom. The summed E-state index contributed by atoms with van der Waals surface area (Å²) < 4.78 is 5.59. The first-order valence-corrected chi connectivity index (χ1v) is 8.31. The van der Waals surface area contributed by atoms with E-state index in [4.69, 9.17) is 4.74 Å². The predicted molar refractivity (Wildman–Crippen MR) is 102 cm³/mol. The van der Waals surface area contributed by atoms with E-state index in [-0.39, 0.29) is 34.2 Å². The van der Waals surface area contributed by atoms with Crippen LogP contribution in [0.3, 0.4) is 0 Å². The van der Waals surface area contributed by atoms with E-state index in [1.807, 2.05) is 6.07 Å². The van der Waals surface area contributed by atoms with E-state index >= 15 is 0 Å². The Labute approximate surface area is 159 Å². The van der Waals surface area contributed by atoms with Gasteiger partial charge in [-0.25, -0.2) is 0 Å². The van der Waals surface area contributed by atoms with Crippen LogP contribution in [-0.2, 0) is 0 Å². The van der Waals surface area contributed by atoms with Crippen LogP contribution < -0.4 is 10.1 Å². The first kappa shape index (κ1) is 17.3. The third-order valence-electron chi connectivity index (χ3n) is 4.26. The number of ketones is 1. The molecule has 0 fully saturated rings. The number of nitrogens with one attached hydrogen (secondary N) is 1. The third-order valence-corrected chi connectivity index (χ3v) is 4.26. The van der Waals surface area contributed by atoms with Gasteiger partial charge in [-0.15, -0.1) is 0 Å². The van der Waals surface area contributed by atoms with Crippen LogP contribution in [0.4, 0.5) is 5.69 Å². The number of phenols is 4. The third kappa shape index (κ3) is 2.95.